The topological polar surface area (TPSA) is 26.3 Å². The molecule has 2 heteroatoms. The Hall–Kier alpha value is -0.370. The molecule has 0 aliphatic heterocycles. The maximum Gasteiger partial charge on any atom is 0.159 e. The summed E-state index contributed by atoms with van der Waals surface area (Å²) in [6.45, 7) is 2.96. The van der Waals surface area contributed by atoms with Gasteiger partial charge in [0.25, 0.3) is 0 Å². The lowest BCUT2D eigenvalue weighted by Gasteiger charge is -2.56. The third-order valence-corrected chi connectivity index (χ3v) is 5.20. The van der Waals surface area contributed by atoms with Gasteiger partial charge in [-0.25, -0.2) is 0 Å². The molecule has 4 fully saturated rings. The summed E-state index contributed by atoms with van der Waals surface area (Å²) < 4.78 is 5.26. The van der Waals surface area contributed by atoms with E-state index >= 15 is 0 Å². The number of Topliss-reactive ketones (excluding diaryl/α,β-unsaturated/α-hetero) is 1. The highest BCUT2D eigenvalue weighted by Gasteiger charge is 2.51. The molecule has 0 radical (unpaired) electrons. The highest BCUT2D eigenvalue weighted by Crippen LogP contribution is 2.61. The maximum atomic E-state index is 12.0. The average Bonchev–Trinajstić information content (AvgIpc) is 2.23. The van der Waals surface area contributed by atoms with E-state index < -0.39 is 0 Å². The minimum absolute atomic E-state index is 0.341. The fourth-order valence-electron chi connectivity index (χ4n) is 5.19. The first-order valence-electron chi connectivity index (χ1n) is 7.28. The fraction of sp³-hybridized carbons (Fsp3) is 0.933. The Bertz CT molecular complexity index is 273. The van der Waals surface area contributed by atoms with E-state index in [1.807, 2.05) is 6.92 Å². The maximum absolute atomic E-state index is 12.0. The van der Waals surface area contributed by atoms with Crippen molar-refractivity contribution in [1.29, 1.82) is 0 Å². The predicted molar refractivity (Wildman–Crippen MR) is 66.7 cm³/mol. The second kappa shape index (κ2) is 4.38. The minimum Gasteiger partial charge on any atom is -0.374 e. The Balaban J connectivity index is 1.64. The molecule has 4 saturated carbocycles. The summed E-state index contributed by atoms with van der Waals surface area (Å²) in [5.41, 5.74) is 0.392. The molecule has 0 saturated heterocycles. The molecule has 0 aromatic heterocycles. The van der Waals surface area contributed by atoms with Gasteiger partial charge in [0.15, 0.2) is 5.78 Å². The van der Waals surface area contributed by atoms with E-state index in [0.29, 0.717) is 24.4 Å². The zero-order valence-electron chi connectivity index (χ0n) is 10.9. The molecular weight excluding hydrogens is 212 g/mol. The highest BCUT2D eigenvalue weighted by molar-refractivity contribution is 5.80. The van der Waals surface area contributed by atoms with Crippen LogP contribution in [-0.4, -0.2) is 19.0 Å². The quantitative estimate of drug-likeness (QED) is 0.732. The summed E-state index contributed by atoms with van der Waals surface area (Å²) in [5, 5.41) is 0. The minimum atomic E-state index is 0.341. The molecule has 4 aliphatic rings. The van der Waals surface area contributed by atoms with E-state index in [9.17, 15) is 4.79 Å². The van der Waals surface area contributed by atoms with E-state index in [2.05, 4.69) is 0 Å². The van der Waals surface area contributed by atoms with Crippen LogP contribution in [0.1, 0.15) is 51.9 Å². The number of carbonyl (C=O) groups excluding carboxylic acids is 1. The van der Waals surface area contributed by atoms with Gasteiger partial charge in [-0.15, -0.1) is 0 Å². The first kappa shape index (κ1) is 11.7. The number of hydrogen-bond donors (Lipinski definition) is 0. The van der Waals surface area contributed by atoms with Gasteiger partial charge in [-0.2, -0.15) is 0 Å². The summed E-state index contributed by atoms with van der Waals surface area (Å²) in [7, 11) is 0. The first-order valence-corrected chi connectivity index (χ1v) is 7.28. The van der Waals surface area contributed by atoms with Gasteiger partial charge >= 0.3 is 0 Å². The Kier molecular flexibility index (Phi) is 3.02. The Morgan fingerprint density at radius 2 is 1.65 bits per heavy atom. The van der Waals surface area contributed by atoms with Crippen molar-refractivity contribution in [2.45, 2.75) is 51.9 Å². The van der Waals surface area contributed by atoms with E-state index in [0.717, 1.165) is 24.2 Å². The van der Waals surface area contributed by atoms with Crippen LogP contribution < -0.4 is 0 Å². The second-order valence-corrected chi connectivity index (χ2v) is 6.77. The molecule has 0 atom stereocenters. The van der Waals surface area contributed by atoms with Gasteiger partial charge in [0.2, 0.25) is 0 Å². The van der Waals surface area contributed by atoms with Crippen LogP contribution in [0.5, 0.6) is 0 Å². The van der Waals surface area contributed by atoms with Gasteiger partial charge in [0.1, 0.15) is 6.61 Å². The number of hydrogen-bond acceptors (Lipinski definition) is 2. The SMILES string of the molecule is CCOCC(=O)CC12CC3CC(CC(C3)C1)C2. The van der Waals surface area contributed by atoms with Crippen LogP contribution in [0, 0.1) is 23.2 Å². The smallest absolute Gasteiger partial charge is 0.159 e. The lowest BCUT2D eigenvalue weighted by molar-refractivity contribution is -0.131. The molecule has 4 bridgehead atoms. The summed E-state index contributed by atoms with van der Waals surface area (Å²) >= 11 is 0. The molecule has 96 valence electrons. The number of carbonyl (C=O) groups is 1. The summed E-state index contributed by atoms with van der Waals surface area (Å²) in [6.07, 6.45) is 9.16. The largest absolute Gasteiger partial charge is 0.374 e. The van der Waals surface area contributed by atoms with E-state index in [4.69, 9.17) is 4.74 Å². The van der Waals surface area contributed by atoms with Crippen LogP contribution in [0.2, 0.25) is 0 Å². The monoisotopic (exact) mass is 236 g/mol. The molecule has 0 unspecified atom stereocenters. The zero-order chi connectivity index (χ0) is 11.9. The molecule has 2 nitrogen and oxygen atoms in total. The van der Waals surface area contributed by atoms with Crippen molar-refractivity contribution in [3.05, 3.63) is 0 Å². The predicted octanol–water partition coefficient (Wildman–Crippen LogP) is 3.20. The van der Waals surface area contributed by atoms with Crippen LogP contribution in [0.4, 0.5) is 0 Å². The molecule has 0 N–H and O–H groups in total. The van der Waals surface area contributed by atoms with Crippen LogP contribution in [0.3, 0.4) is 0 Å². The van der Waals surface area contributed by atoms with E-state index in [-0.39, 0.29) is 0 Å². The van der Waals surface area contributed by atoms with Gasteiger partial charge < -0.3 is 4.74 Å². The molecule has 0 spiro atoms. The summed E-state index contributed by atoms with van der Waals surface area (Å²) in [5.74, 6) is 3.18. The molecule has 4 rings (SSSR count). The standard InChI is InChI=1S/C15H24O2/c1-2-17-10-14(16)9-15-6-11-3-12(7-15)5-13(4-11)8-15/h11-13H,2-10H2,1H3. The number of ketones is 1. The summed E-state index contributed by atoms with van der Waals surface area (Å²) in [4.78, 5) is 12.0. The molecule has 0 aromatic carbocycles. The van der Waals surface area contributed by atoms with Crippen molar-refractivity contribution in [3.63, 3.8) is 0 Å². The third-order valence-electron chi connectivity index (χ3n) is 5.20. The Morgan fingerprint density at radius 1 is 1.12 bits per heavy atom. The van der Waals surface area contributed by atoms with Crippen molar-refractivity contribution in [3.8, 4) is 0 Å². The molecule has 0 heterocycles. The number of ether oxygens (including phenoxy) is 1. The molecule has 17 heavy (non-hydrogen) atoms. The molecule has 4 aliphatic carbocycles. The highest BCUT2D eigenvalue weighted by atomic mass is 16.5. The second-order valence-electron chi connectivity index (χ2n) is 6.77. The van der Waals surface area contributed by atoms with Gasteiger partial charge in [-0.3, -0.25) is 4.79 Å². The summed E-state index contributed by atoms with van der Waals surface area (Å²) in [6, 6.07) is 0. The molecule has 0 amide bonds. The van der Waals surface area contributed by atoms with Crippen LogP contribution in [-0.2, 0) is 9.53 Å². The van der Waals surface area contributed by atoms with Gasteiger partial charge in [0.05, 0.1) is 0 Å². The fourth-order valence-corrected chi connectivity index (χ4v) is 5.19. The van der Waals surface area contributed by atoms with E-state index in [1.165, 1.54) is 38.5 Å². The van der Waals surface area contributed by atoms with Crippen molar-refractivity contribution < 1.29 is 9.53 Å². The van der Waals surface area contributed by atoms with Crippen molar-refractivity contribution in [2.24, 2.45) is 23.2 Å². The van der Waals surface area contributed by atoms with Crippen LogP contribution >= 0.6 is 0 Å². The van der Waals surface area contributed by atoms with Crippen molar-refractivity contribution >= 4 is 5.78 Å². The Labute approximate surface area is 104 Å². The number of rotatable bonds is 5. The normalized spacial score (nSPS) is 43.0. The molecular formula is C15H24O2. The third kappa shape index (κ3) is 2.29. The first-order chi connectivity index (χ1) is 8.19. The van der Waals surface area contributed by atoms with Gasteiger partial charge in [0, 0.05) is 13.0 Å². The molecule has 0 aromatic rings. The van der Waals surface area contributed by atoms with Crippen LogP contribution in [0.25, 0.3) is 0 Å². The van der Waals surface area contributed by atoms with Crippen LogP contribution in [0.15, 0.2) is 0 Å². The van der Waals surface area contributed by atoms with Gasteiger partial charge in [-0.1, -0.05) is 0 Å². The van der Waals surface area contributed by atoms with Crippen molar-refractivity contribution in [1.82, 2.24) is 0 Å². The lowest BCUT2D eigenvalue weighted by atomic mass is 9.48. The van der Waals surface area contributed by atoms with Gasteiger partial charge in [-0.05, 0) is 68.6 Å². The Morgan fingerprint density at radius 3 is 2.12 bits per heavy atom. The van der Waals surface area contributed by atoms with Crippen molar-refractivity contribution in [2.75, 3.05) is 13.2 Å². The zero-order valence-corrected chi connectivity index (χ0v) is 10.9. The van der Waals surface area contributed by atoms with E-state index in [1.54, 1.807) is 0 Å². The average molecular weight is 236 g/mol. The lowest BCUT2D eigenvalue weighted by Crippen LogP contribution is -2.47.